The number of nitrogens with one attached hydrogen (secondary N) is 1. The van der Waals surface area contributed by atoms with E-state index in [9.17, 15) is 17.6 Å². The Morgan fingerprint density at radius 2 is 1.74 bits per heavy atom. The van der Waals surface area contributed by atoms with E-state index in [1.807, 2.05) is 19.1 Å². The van der Waals surface area contributed by atoms with Crippen LogP contribution in [0.15, 0.2) is 48.5 Å². The average Bonchev–Trinajstić information content (AvgIpc) is 2.48. The molecule has 0 atom stereocenters. The molecule has 0 aromatic heterocycles. The van der Waals surface area contributed by atoms with Crippen LogP contribution >= 0.6 is 0 Å². The van der Waals surface area contributed by atoms with Crippen molar-refractivity contribution >= 4 is 15.7 Å². The summed E-state index contributed by atoms with van der Waals surface area (Å²) in [5.41, 5.74) is 1.99. The largest absolute Gasteiger partial charge is 0.351 e. The molecule has 0 spiro atoms. The predicted molar refractivity (Wildman–Crippen MR) is 86.9 cm³/mol. The van der Waals surface area contributed by atoms with Crippen LogP contribution in [-0.2, 0) is 26.9 Å². The van der Waals surface area contributed by atoms with Crippen molar-refractivity contribution in [2.45, 2.75) is 19.2 Å². The lowest BCUT2D eigenvalue weighted by atomic mass is 10.2. The zero-order valence-electron chi connectivity index (χ0n) is 12.8. The normalized spacial score (nSPS) is 11.2. The average molecular weight is 335 g/mol. The summed E-state index contributed by atoms with van der Waals surface area (Å²) < 4.78 is 37.5. The van der Waals surface area contributed by atoms with Crippen LogP contribution < -0.4 is 5.32 Å². The van der Waals surface area contributed by atoms with E-state index in [-0.39, 0.29) is 12.3 Å². The number of hydrogen-bond acceptors (Lipinski definition) is 3. The highest BCUT2D eigenvalue weighted by molar-refractivity contribution is 7.91. The van der Waals surface area contributed by atoms with Gasteiger partial charge in [-0.05, 0) is 18.6 Å². The van der Waals surface area contributed by atoms with Crippen molar-refractivity contribution in [1.29, 1.82) is 0 Å². The van der Waals surface area contributed by atoms with Crippen LogP contribution in [0, 0.1) is 12.7 Å². The van der Waals surface area contributed by atoms with Crippen molar-refractivity contribution in [2.75, 3.05) is 5.75 Å². The smallest absolute Gasteiger partial charge is 0.235 e. The lowest BCUT2D eigenvalue weighted by molar-refractivity contribution is -0.118. The van der Waals surface area contributed by atoms with Gasteiger partial charge in [-0.1, -0.05) is 48.0 Å². The fourth-order valence-electron chi connectivity index (χ4n) is 2.08. The second kappa shape index (κ2) is 7.37. The Morgan fingerprint density at radius 1 is 1.09 bits per heavy atom. The van der Waals surface area contributed by atoms with E-state index >= 15 is 0 Å². The maximum absolute atomic E-state index is 13.4. The van der Waals surface area contributed by atoms with Gasteiger partial charge < -0.3 is 5.32 Å². The molecule has 0 saturated carbocycles. The van der Waals surface area contributed by atoms with Crippen LogP contribution in [0.5, 0.6) is 0 Å². The Morgan fingerprint density at radius 3 is 2.39 bits per heavy atom. The van der Waals surface area contributed by atoms with Gasteiger partial charge in [-0.15, -0.1) is 0 Å². The molecule has 0 aliphatic rings. The molecule has 0 aliphatic carbocycles. The quantitative estimate of drug-likeness (QED) is 0.881. The molecule has 2 rings (SSSR count). The molecule has 0 fully saturated rings. The van der Waals surface area contributed by atoms with E-state index in [4.69, 9.17) is 0 Å². The molecule has 0 bridgehead atoms. The van der Waals surface area contributed by atoms with Crippen LogP contribution in [0.4, 0.5) is 4.39 Å². The monoisotopic (exact) mass is 335 g/mol. The van der Waals surface area contributed by atoms with Crippen LogP contribution in [0.25, 0.3) is 0 Å². The van der Waals surface area contributed by atoms with E-state index in [0.29, 0.717) is 11.1 Å². The lowest BCUT2D eigenvalue weighted by Crippen LogP contribution is -2.30. The van der Waals surface area contributed by atoms with Gasteiger partial charge in [-0.3, -0.25) is 4.79 Å². The molecular formula is C17H18FNO3S. The number of aryl methyl sites for hydroxylation is 1. The summed E-state index contributed by atoms with van der Waals surface area (Å²) in [4.78, 5) is 11.8. The minimum Gasteiger partial charge on any atom is -0.351 e. The third-order valence-electron chi connectivity index (χ3n) is 3.29. The third kappa shape index (κ3) is 5.49. The molecular weight excluding hydrogens is 317 g/mol. The number of hydrogen-bond donors (Lipinski definition) is 1. The van der Waals surface area contributed by atoms with E-state index in [0.717, 1.165) is 5.56 Å². The molecule has 1 amide bonds. The summed E-state index contributed by atoms with van der Waals surface area (Å²) >= 11 is 0. The maximum Gasteiger partial charge on any atom is 0.235 e. The van der Waals surface area contributed by atoms with E-state index < -0.39 is 27.3 Å². The molecule has 0 heterocycles. The highest BCUT2D eigenvalue weighted by Crippen LogP contribution is 2.09. The van der Waals surface area contributed by atoms with Crippen molar-refractivity contribution in [3.05, 3.63) is 71.0 Å². The number of rotatable bonds is 6. The SMILES string of the molecule is Cc1ccc(CS(=O)(=O)CC(=O)NCc2ccccc2F)cc1. The van der Waals surface area contributed by atoms with Crippen LogP contribution in [-0.4, -0.2) is 20.1 Å². The second-order valence-corrected chi connectivity index (χ2v) is 7.45. The fourth-order valence-corrected chi connectivity index (χ4v) is 3.38. The first-order valence-corrected chi connectivity index (χ1v) is 8.94. The van der Waals surface area contributed by atoms with Crippen LogP contribution in [0.3, 0.4) is 0 Å². The Bertz CT molecular complexity index is 786. The summed E-state index contributed by atoms with van der Waals surface area (Å²) in [7, 11) is -3.57. The zero-order chi connectivity index (χ0) is 16.9. The van der Waals surface area contributed by atoms with Crippen molar-refractivity contribution in [3.8, 4) is 0 Å². The Balaban J connectivity index is 1.91. The standard InChI is InChI=1S/C17H18FNO3S/c1-13-6-8-14(9-7-13)11-23(21,22)12-17(20)19-10-15-4-2-3-5-16(15)18/h2-9H,10-12H2,1H3,(H,19,20). The first-order chi connectivity index (χ1) is 10.9. The van der Waals surface area contributed by atoms with Gasteiger partial charge in [0.15, 0.2) is 9.84 Å². The predicted octanol–water partition coefficient (Wildman–Crippen LogP) is 2.37. The van der Waals surface area contributed by atoms with Gasteiger partial charge in [-0.25, -0.2) is 12.8 Å². The topological polar surface area (TPSA) is 63.2 Å². The van der Waals surface area contributed by atoms with Crippen molar-refractivity contribution in [3.63, 3.8) is 0 Å². The number of sulfone groups is 1. The number of carbonyl (C=O) groups is 1. The Kier molecular flexibility index (Phi) is 5.50. The molecule has 0 unspecified atom stereocenters. The minimum atomic E-state index is -3.57. The van der Waals surface area contributed by atoms with Crippen LogP contribution in [0.2, 0.25) is 0 Å². The van der Waals surface area contributed by atoms with E-state index in [1.54, 1.807) is 24.3 Å². The third-order valence-corrected chi connectivity index (χ3v) is 4.77. The van der Waals surface area contributed by atoms with Gasteiger partial charge in [0.2, 0.25) is 5.91 Å². The lowest BCUT2D eigenvalue weighted by Gasteiger charge is -2.07. The first kappa shape index (κ1) is 17.1. The highest BCUT2D eigenvalue weighted by Gasteiger charge is 2.17. The molecule has 1 N–H and O–H groups in total. The Hall–Kier alpha value is -2.21. The van der Waals surface area contributed by atoms with E-state index in [1.165, 1.54) is 12.1 Å². The molecule has 0 saturated heterocycles. The molecule has 4 nitrogen and oxygen atoms in total. The molecule has 2 aromatic carbocycles. The number of carbonyl (C=O) groups excluding carboxylic acids is 1. The van der Waals surface area contributed by atoms with Crippen molar-refractivity contribution < 1.29 is 17.6 Å². The van der Waals surface area contributed by atoms with Crippen molar-refractivity contribution in [1.82, 2.24) is 5.32 Å². The molecule has 23 heavy (non-hydrogen) atoms. The number of halogens is 1. The van der Waals surface area contributed by atoms with Gasteiger partial charge >= 0.3 is 0 Å². The molecule has 6 heteroatoms. The molecule has 2 aromatic rings. The highest BCUT2D eigenvalue weighted by atomic mass is 32.2. The molecule has 0 radical (unpaired) electrons. The second-order valence-electron chi connectivity index (χ2n) is 5.39. The van der Waals surface area contributed by atoms with Gasteiger partial charge in [0.05, 0.1) is 5.75 Å². The maximum atomic E-state index is 13.4. The summed E-state index contributed by atoms with van der Waals surface area (Å²) in [5, 5.41) is 2.43. The summed E-state index contributed by atoms with van der Waals surface area (Å²) in [6, 6.07) is 13.1. The van der Waals surface area contributed by atoms with E-state index in [2.05, 4.69) is 5.32 Å². The number of amides is 1. The van der Waals surface area contributed by atoms with Crippen molar-refractivity contribution in [2.24, 2.45) is 0 Å². The molecule has 122 valence electrons. The molecule has 0 aliphatic heterocycles. The van der Waals surface area contributed by atoms with Gasteiger partial charge in [0.1, 0.15) is 11.6 Å². The zero-order valence-corrected chi connectivity index (χ0v) is 13.6. The van der Waals surface area contributed by atoms with Gasteiger partial charge in [-0.2, -0.15) is 0 Å². The first-order valence-electron chi connectivity index (χ1n) is 7.12. The number of benzene rings is 2. The Labute approximate surface area is 135 Å². The minimum absolute atomic E-state index is 0.0362. The van der Waals surface area contributed by atoms with Crippen LogP contribution in [0.1, 0.15) is 16.7 Å². The van der Waals surface area contributed by atoms with Gasteiger partial charge in [0, 0.05) is 12.1 Å². The van der Waals surface area contributed by atoms with Gasteiger partial charge in [0.25, 0.3) is 0 Å². The summed E-state index contributed by atoms with van der Waals surface area (Å²) in [6.45, 7) is 1.87. The summed E-state index contributed by atoms with van der Waals surface area (Å²) in [6.07, 6.45) is 0. The summed E-state index contributed by atoms with van der Waals surface area (Å²) in [5.74, 6) is -1.88. The fraction of sp³-hybridized carbons (Fsp3) is 0.235.